The molecule has 1 aliphatic heterocycles. The lowest BCUT2D eigenvalue weighted by molar-refractivity contribution is -0.190. The highest BCUT2D eigenvalue weighted by Gasteiger charge is 2.46. The zero-order valence-corrected chi connectivity index (χ0v) is 19.7. The van der Waals surface area contributed by atoms with Gasteiger partial charge in [-0.1, -0.05) is 34.1 Å². The van der Waals surface area contributed by atoms with Gasteiger partial charge in [0.25, 0.3) is 0 Å². The minimum atomic E-state index is -1.83. The van der Waals surface area contributed by atoms with Crippen molar-refractivity contribution in [3.63, 3.8) is 0 Å². The van der Waals surface area contributed by atoms with E-state index in [1.807, 2.05) is 13.8 Å². The van der Waals surface area contributed by atoms with Crippen molar-refractivity contribution in [3.8, 4) is 0 Å². The normalized spacial score (nSPS) is 27.8. The molecule has 1 saturated heterocycles. The van der Waals surface area contributed by atoms with Crippen LogP contribution in [0.4, 0.5) is 0 Å². The second-order valence-corrected chi connectivity index (χ2v) is 14.9. The molecular weight excluding hydrogens is 356 g/mol. The first kappa shape index (κ1) is 22.8. The van der Waals surface area contributed by atoms with Crippen LogP contribution in [0.5, 0.6) is 0 Å². The summed E-state index contributed by atoms with van der Waals surface area (Å²) in [7, 11) is -1.83. The summed E-state index contributed by atoms with van der Waals surface area (Å²) in [5, 5.41) is 0.153. The van der Waals surface area contributed by atoms with E-state index in [2.05, 4.69) is 40.8 Å². The van der Waals surface area contributed by atoms with E-state index in [-0.39, 0.29) is 28.9 Å². The number of ketones is 1. The van der Waals surface area contributed by atoms with Crippen molar-refractivity contribution >= 4 is 14.1 Å². The molecule has 0 aromatic heterocycles. The lowest BCUT2D eigenvalue weighted by Gasteiger charge is -2.36. The van der Waals surface area contributed by atoms with Crippen molar-refractivity contribution in [2.75, 3.05) is 6.61 Å². The maximum atomic E-state index is 12.7. The summed E-state index contributed by atoms with van der Waals surface area (Å²) >= 11 is 0. The molecule has 1 spiro atoms. The molecule has 1 heterocycles. The largest absolute Gasteiger partial charge is 0.416 e. The maximum absolute atomic E-state index is 12.7. The van der Waals surface area contributed by atoms with E-state index in [4.69, 9.17) is 13.9 Å². The molecule has 1 saturated carbocycles. The number of hydrogen-bond donors (Lipinski definition) is 0. The van der Waals surface area contributed by atoms with Gasteiger partial charge in [0.15, 0.2) is 19.9 Å². The first-order chi connectivity index (χ1) is 12.4. The summed E-state index contributed by atoms with van der Waals surface area (Å²) in [5.41, 5.74) is 0.967. The van der Waals surface area contributed by atoms with Gasteiger partial charge in [-0.05, 0) is 56.5 Å². The Balaban J connectivity index is 1.95. The summed E-state index contributed by atoms with van der Waals surface area (Å²) in [6, 6.07) is 0. The predicted octanol–water partition coefficient (Wildman–Crippen LogP) is 5.62. The van der Waals surface area contributed by atoms with Crippen molar-refractivity contribution in [2.45, 2.75) is 110 Å². The Morgan fingerprint density at radius 1 is 1.22 bits per heavy atom. The highest BCUT2D eigenvalue weighted by molar-refractivity contribution is 6.74. The molecule has 0 aromatic rings. The molecular formula is C22H40O4Si. The molecule has 2 aliphatic rings. The van der Waals surface area contributed by atoms with E-state index in [0.29, 0.717) is 6.61 Å². The summed E-state index contributed by atoms with van der Waals surface area (Å²) in [5.74, 6) is -0.445. The minimum Gasteiger partial charge on any atom is -0.416 e. The lowest BCUT2D eigenvalue weighted by Crippen LogP contribution is -2.42. The van der Waals surface area contributed by atoms with Crippen LogP contribution in [0.2, 0.25) is 18.1 Å². The van der Waals surface area contributed by atoms with Gasteiger partial charge in [0, 0.05) is 25.4 Å². The topological polar surface area (TPSA) is 44.8 Å². The molecule has 27 heavy (non-hydrogen) atoms. The summed E-state index contributed by atoms with van der Waals surface area (Å²) in [4.78, 5) is 12.7. The molecule has 0 N–H and O–H groups in total. The van der Waals surface area contributed by atoms with Gasteiger partial charge < -0.3 is 13.9 Å². The third-order valence-electron chi connectivity index (χ3n) is 6.59. The molecule has 0 radical (unpaired) electrons. The van der Waals surface area contributed by atoms with E-state index in [0.717, 1.165) is 31.3 Å². The highest BCUT2D eigenvalue weighted by atomic mass is 28.4. The van der Waals surface area contributed by atoms with Gasteiger partial charge in [-0.3, -0.25) is 4.79 Å². The number of carbonyl (C=O) groups is 1. The number of carbonyl (C=O) groups excluding carboxylic acids is 1. The Kier molecular flexibility index (Phi) is 7.16. The zero-order valence-electron chi connectivity index (χ0n) is 18.7. The third-order valence-corrected chi connectivity index (χ3v) is 11.1. The van der Waals surface area contributed by atoms with Crippen LogP contribution in [0.25, 0.3) is 0 Å². The van der Waals surface area contributed by atoms with Gasteiger partial charge in [-0.15, -0.1) is 0 Å². The molecule has 0 unspecified atom stereocenters. The van der Waals surface area contributed by atoms with Crippen molar-refractivity contribution in [2.24, 2.45) is 5.92 Å². The van der Waals surface area contributed by atoms with Gasteiger partial charge in [0.1, 0.15) is 6.10 Å². The van der Waals surface area contributed by atoms with Gasteiger partial charge in [-0.2, -0.15) is 0 Å². The standard InChI is InChI=1S/C22H40O4Si/c1-16(20-18(3)25-22(26-20)12-10-9-11-13-22)14-19(23)17(2)15-24-27(7,8)21(4,5)6/h14,17-18,20H,9-13,15H2,1-8H3/b16-14-/t17-,18-,20+/m0/s1. The summed E-state index contributed by atoms with van der Waals surface area (Å²) in [6.45, 7) is 17.6. The van der Waals surface area contributed by atoms with E-state index in [1.165, 1.54) is 6.42 Å². The molecule has 1 aliphatic carbocycles. The highest BCUT2D eigenvalue weighted by Crippen LogP contribution is 2.42. The SMILES string of the molecule is C/C(=C/C(=O)[C@@H](C)CO[Si](C)(C)C(C)(C)C)[C@H]1OC2(CCCCC2)O[C@H]1C. The number of allylic oxidation sites excluding steroid dienone is 1. The monoisotopic (exact) mass is 396 g/mol. The Morgan fingerprint density at radius 3 is 2.37 bits per heavy atom. The Morgan fingerprint density at radius 2 is 1.81 bits per heavy atom. The third kappa shape index (κ3) is 5.53. The number of ether oxygens (including phenoxy) is 2. The second kappa shape index (κ2) is 8.48. The maximum Gasteiger partial charge on any atom is 0.192 e. The molecule has 3 atom stereocenters. The molecule has 0 aromatic carbocycles. The van der Waals surface area contributed by atoms with E-state index in [9.17, 15) is 4.79 Å². The fourth-order valence-electron chi connectivity index (χ4n) is 3.63. The number of rotatable bonds is 6. The zero-order chi connectivity index (χ0) is 20.5. The van der Waals surface area contributed by atoms with Crippen LogP contribution in [0.3, 0.4) is 0 Å². The van der Waals surface area contributed by atoms with E-state index >= 15 is 0 Å². The van der Waals surface area contributed by atoms with Gasteiger partial charge in [0.2, 0.25) is 0 Å². The van der Waals surface area contributed by atoms with E-state index in [1.54, 1.807) is 6.08 Å². The molecule has 2 rings (SSSR count). The van der Waals surface area contributed by atoms with Crippen molar-refractivity contribution in [1.82, 2.24) is 0 Å². The van der Waals surface area contributed by atoms with Crippen molar-refractivity contribution in [1.29, 1.82) is 0 Å². The predicted molar refractivity (Wildman–Crippen MR) is 112 cm³/mol. The molecule has 5 heteroatoms. The molecule has 2 fully saturated rings. The summed E-state index contributed by atoms with van der Waals surface area (Å²) in [6.07, 6.45) is 7.12. The number of hydrogen-bond acceptors (Lipinski definition) is 4. The molecule has 156 valence electrons. The average Bonchev–Trinajstić information content (AvgIpc) is 2.88. The van der Waals surface area contributed by atoms with Crippen LogP contribution in [-0.4, -0.2) is 38.7 Å². The van der Waals surface area contributed by atoms with Crippen LogP contribution in [-0.2, 0) is 18.7 Å². The van der Waals surface area contributed by atoms with Gasteiger partial charge >= 0.3 is 0 Å². The van der Waals surface area contributed by atoms with Gasteiger partial charge in [-0.25, -0.2) is 0 Å². The molecule has 0 bridgehead atoms. The Hall–Kier alpha value is -0.493. The smallest absolute Gasteiger partial charge is 0.192 e. The first-order valence-electron chi connectivity index (χ1n) is 10.6. The Bertz CT molecular complexity index is 555. The minimum absolute atomic E-state index is 0.00839. The first-order valence-corrected chi connectivity index (χ1v) is 13.5. The fraction of sp³-hybridized carbons (Fsp3) is 0.864. The fourth-order valence-corrected chi connectivity index (χ4v) is 4.73. The van der Waals surface area contributed by atoms with Gasteiger partial charge in [0.05, 0.1) is 6.10 Å². The van der Waals surface area contributed by atoms with Crippen LogP contribution in [0, 0.1) is 5.92 Å². The van der Waals surface area contributed by atoms with Crippen molar-refractivity contribution in [3.05, 3.63) is 11.6 Å². The van der Waals surface area contributed by atoms with Crippen LogP contribution < -0.4 is 0 Å². The lowest BCUT2D eigenvalue weighted by atomic mass is 9.94. The Labute approximate surface area is 167 Å². The van der Waals surface area contributed by atoms with E-state index < -0.39 is 14.1 Å². The molecule has 4 nitrogen and oxygen atoms in total. The quantitative estimate of drug-likeness (QED) is 0.431. The van der Waals surface area contributed by atoms with Crippen LogP contribution in [0.1, 0.15) is 73.6 Å². The van der Waals surface area contributed by atoms with Crippen LogP contribution >= 0.6 is 0 Å². The second-order valence-electron chi connectivity index (χ2n) is 10.1. The molecule has 0 amide bonds. The van der Waals surface area contributed by atoms with Crippen molar-refractivity contribution < 1.29 is 18.7 Å². The van der Waals surface area contributed by atoms with Crippen LogP contribution in [0.15, 0.2) is 11.6 Å². The summed E-state index contributed by atoms with van der Waals surface area (Å²) < 4.78 is 18.8. The average molecular weight is 397 g/mol.